The molecule has 6 heteroatoms. The third-order valence-electron chi connectivity index (χ3n) is 1.99. The van der Waals surface area contributed by atoms with Crippen molar-refractivity contribution in [1.82, 2.24) is 9.97 Å². The SMILES string of the molecule is O=C(c1cncc(F)c1)c1ncc(Br)cc1Br. The Morgan fingerprint density at radius 2 is 1.94 bits per heavy atom. The molecule has 2 rings (SSSR count). The first-order valence-corrected chi connectivity index (χ1v) is 6.13. The zero-order valence-corrected chi connectivity index (χ0v) is 11.5. The Morgan fingerprint density at radius 1 is 1.18 bits per heavy atom. The lowest BCUT2D eigenvalue weighted by atomic mass is 10.1. The molecular formula is C11H5Br2FN2O. The van der Waals surface area contributed by atoms with Crippen LogP contribution in [0, 0.1) is 5.82 Å². The van der Waals surface area contributed by atoms with Gasteiger partial charge in [0.2, 0.25) is 5.78 Å². The second-order valence-electron chi connectivity index (χ2n) is 3.20. The maximum Gasteiger partial charge on any atom is 0.214 e. The summed E-state index contributed by atoms with van der Waals surface area (Å²) >= 11 is 6.47. The Balaban J connectivity index is 2.44. The molecule has 2 heterocycles. The first kappa shape index (κ1) is 12.3. The molecule has 3 nitrogen and oxygen atoms in total. The van der Waals surface area contributed by atoms with Gasteiger partial charge in [-0.25, -0.2) is 4.39 Å². The van der Waals surface area contributed by atoms with Crippen LogP contribution in [0.25, 0.3) is 0 Å². The molecule has 0 amide bonds. The van der Waals surface area contributed by atoms with Gasteiger partial charge in [0.15, 0.2) is 0 Å². The monoisotopic (exact) mass is 358 g/mol. The average Bonchev–Trinajstić information content (AvgIpc) is 2.28. The minimum absolute atomic E-state index is 0.167. The van der Waals surface area contributed by atoms with Gasteiger partial charge in [-0.3, -0.25) is 14.8 Å². The molecule has 0 fully saturated rings. The molecule has 0 aromatic carbocycles. The number of hydrogen-bond acceptors (Lipinski definition) is 3. The lowest BCUT2D eigenvalue weighted by Crippen LogP contribution is -2.06. The number of pyridine rings is 2. The highest BCUT2D eigenvalue weighted by Gasteiger charge is 2.15. The van der Waals surface area contributed by atoms with Gasteiger partial charge in [0, 0.05) is 26.9 Å². The van der Waals surface area contributed by atoms with Crippen molar-refractivity contribution in [2.45, 2.75) is 0 Å². The Bertz CT molecular complexity index is 589. The van der Waals surface area contributed by atoms with Gasteiger partial charge in [-0.2, -0.15) is 0 Å². The fourth-order valence-corrected chi connectivity index (χ4v) is 2.42. The van der Waals surface area contributed by atoms with E-state index in [0.29, 0.717) is 4.47 Å². The summed E-state index contributed by atoms with van der Waals surface area (Å²) in [5.74, 6) is -0.930. The summed E-state index contributed by atoms with van der Waals surface area (Å²) in [6.45, 7) is 0. The molecule has 0 aliphatic heterocycles. The average molecular weight is 360 g/mol. The second-order valence-corrected chi connectivity index (χ2v) is 4.97. The van der Waals surface area contributed by atoms with E-state index in [0.717, 1.165) is 16.7 Å². The predicted octanol–water partition coefficient (Wildman–Crippen LogP) is 3.37. The van der Waals surface area contributed by atoms with E-state index >= 15 is 0 Å². The molecule has 0 N–H and O–H groups in total. The van der Waals surface area contributed by atoms with Crippen LogP contribution >= 0.6 is 31.9 Å². The molecule has 0 saturated carbocycles. The lowest BCUT2D eigenvalue weighted by Gasteiger charge is -2.03. The largest absolute Gasteiger partial charge is 0.287 e. The molecule has 0 unspecified atom stereocenters. The van der Waals surface area contributed by atoms with Crippen LogP contribution in [0.15, 0.2) is 39.7 Å². The Morgan fingerprint density at radius 3 is 2.59 bits per heavy atom. The summed E-state index contributed by atoms with van der Waals surface area (Å²) in [6.07, 6.45) is 3.85. The molecule has 0 bridgehead atoms. The first-order chi connectivity index (χ1) is 8.08. The van der Waals surface area contributed by atoms with E-state index in [4.69, 9.17) is 0 Å². The van der Waals surface area contributed by atoms with E-state index in [1.807, 2.05) is 0 Å². The molecule has 2 aromatic heterocycles. The highest BCUT2D eigenvalue weighted by Crippen LogP contribution is 2.21. The van der Waals surface area contributed by atoms with E-state index in [-0.39, 0.29) is 17.0 Å². The van der Waals surface area contributed by atoms with Gasteiger partial charge >= 0.3 is 0 Å². The van der Waals surface area contributed by atoms with Crippen LogP contribution in [0.3, 0.4) is 0 Å². The smallest absolute Gasteiger partial charge is 0.214 e. The van der Waals surface area contributed by atoms with Crippen LogP contribution in [0.5, 0.6) is 0 Å². The zero-order chi connectivity index (χ0) is 12.4. The maximum atomic E-state index is 13.0. The van der Waals surface area contributed by atoms with E-state index < -0.39 is 5.82 Å². The first-order valence-electron chi connectivity index (χ1n) is 4.54. The van der Waals surface area contributed by atoms with Crippen LogP contribution < -0.4 is 0 Å². The zero-order valence-electron chi connectivity index (χ0n) is 8.32. The number of hydrogen-bond donors (Lipinski definition) is 0. The summed E-state index contributed by atoms with van der Waals surface area (Å²) in [4.78, 5) is 19.6. The molecule has 0 aliphatic rings. The standard InChI is InChI=1S/C11H5Br2FN2O/c12-7-2-9(13)10(16-4-7)11(17)6-1-8(14)5-15-3-6/h1-5H. The van der Waals surface area contributed by atoms with Crippen molar-refractivity contribution in [2.75, 3.05) is 0 Å². The molecule has 0 radical (unpaired) electrons. The van der Waals surface area contributed by atoms with Gasteiger partial charge in [-0.05, 0) is 44.0 Å². The quantitative estimate of drug-likeness (QED) is 0.772. The van der Waals surface area contributed by atoms with Crippen LogP contribution in [-0.4, -0.2) is 15.8 Å². The molecule has 0 aliphatic carbocycles. The molecule has 17 heavy (non-hydrogen) atoms. The Hall–Kier alpha value is -1.14. The summed E-state index contributed by atoms with van der Waals surface area (Å²) in [5.41, 5.74) is 0.390. The third kappa shape index (κ3) is 2.76. The van der Waals surface area contributed by atoms with Crippen LogP contribution in [0.1, 0.15) is 16.1 Å². The number of ketones is 1. The molecule has 2 aromatic rings. The van der Waals surface area contributed by atoms with Crippen molar-refractivity contribution in [3.8, 4) is 0 Å². The van der Waals surface area contributed by atoms with E-state index in [1.165, 1.54) is 12.4 Å². The number of rotatable bonds is 2. The normalized spacial score (nSPS) is 10.3. The Kier molecular flexibility index (Phi) is 3.63. The topological polar surface area (TPSA) is 42.9 Å². The summed E-state index contributed by atoms with van der Waals surface area (Å²) < 4.78 is 14.2. The number of aromatic nitrogens is 2. The maximum absolute atomic E-state index is 13.0. The van der Waals surface area contributed by atoms with Crippen molar-refractivity contribution >= 4 is 37.6 Å². The van der Waals surface area contributed by atoms with Crippen molar-refractivity contribution in [3.63, 3.8) is 0 Å². The van der Waals surface area contributed by atoms with E-state index in [9.17, 15) is 9.18 Å². The van der Waals surface area contributed by atoms with Gasteiger partial charge in [0.05, 0.1) is 6.20 Å². The van der Waals surface area contributed by atoms with Gasteiger partial charge in [-0.1, -0.05) is 0 Å². The fourth-order valence-electron chi connectivity index (χ4n) is 1.25. The minimum atomic E-state index is -0.552. The van der Waals surface area contributed by atoms with Crippen LogP contribution in [0.2, 0.25) is 0 Å². The number of nitrogens with zero attached hydrogens (tertiary/aromatic N) is 2. The second kappa shape index (κ2) is 5.01. The molecule has 0 atom stereocenters. The summed E-state index contributed by atoms with van der Waals surface area (Å²) in [7, 11) is 0. The Labute approximate surface area is 113 Å². The summed E-state index contributed by atoms with van der Waals surface area (Å²) in [5, 5.41) is 0. The number of carbonyl (C=O) groups is 1. The van der Waals surface area contributed by atoms with Crippen molar-refractivity contribution < 1.29 is 9.18 Å². The van der Waals surface area contributed by atoms with Crippen molar-refractivity contribution in [3.05, 3.63) is 56.7 Å². The molecular weight excluding hydrogens is 355 g/mol. The number of carbonyl (C=O) groups excluding carboxylic acids is 1. The third-order valence-corrected chi connectivity index (χ3v) is 3.03. The molecule has 86 valence electrons. The minimum Gasteiger partial charge on any atom is -0.287 e. The molecule has 0 saturated heterocycles. The highest BCUT2D eigenvalue weighted by atomic mass is 79.9. The van der Waals surface area contributed by atoms with Gasteiger partial charge in [0.1, 0.15) is 11.5 Å². The van der Waals surface area contributed by atoms with Crippen LogP contribution in [0.4, 0.5) is 4.39 Å². The van der Waals surface area contributed by atoms with E-state index in [2.05, 4.69) is 41.8 Å². The fraction of sp³-hybridized carbons (Fsp3) is 0. The van der Waals surface area contributed by atoms with Gasteiger partial charge in [0.25, 0.3) is 0 Å². The predicted molar refractivity (Wildman–Crippen MR) is 67.3 cm³/mol. The lowest BCUT2D eigenvalue weighted by molar-refractivity contribution is 0.103. The van der Waals surface area contributed by atoms with Crippen LogP contribution in [-0.2, 0) is 0 Å². The molecule has 0 spiro atoms. The van der Waals surface area contributed by atoms with Crippen molar-refractivity contribution in [1.29, 1.82) is 0 Å². The van der Waals surface area contributed by atoms with Crippen molar-refractivity contribution in [2.24, 2.45) is 0 Å². The van der Waals surface area contributed by atoms with Gasteiger partial charge in [-0.15, -0.1) is 0 Å². The van der Waals surface area contributed by atoms with Gasteiger partial charge < -0.3 is 0 Å². The number of halogens is 3. The van der Waals surface area contributed by atoms with E-state index in [1.54, 1.807) is 6.07 Å². The summed E-state index contributed by atoms with van der Waals surface area (Å²) in [6, 6.07) is 2.83. The highest BCUT2D eigenvalue weighted by molar-refractivity contribution is 9.11.